The van der Waals surface area contributed by atoms with Gasteiger partial charge < -0.3 is 10.4 Å². The number of anilines is 1. The Morgan fingerprint density at radius 2 is 2.23 bits per heavy atom. The van der Waals surface area contributed by atoms with Crippen LogP contribution in [-0.2, 0) is 6.42 Å². The summed E-state index contributed by atoms with van der Waals surface area (Å²) in [5, 5.41) is 12.5. The average Bonchev–Trinajstić information content (AvgIpc) is 2.15. The van der Waals surface area contributed by atoms with Gasteiger partial charge in [0.05, 0.1) is 6.61 Å². The zero-order chi connectivity index (χ0) is 9.68. The normalized spacial score (nSPS) is 10.1. The van der Waals surface area contributed by atoms with Gasteiger partial charge in [-0.3, -0.25) is 0 Å². The fourth-order valence-corrected chi connectivity index (χ4v) is 1.38. The second-order valence-electron chi connectivity index (χ2n) is 2.81. The number of benzene rings is 1. The Balaban J connectivity index is 2.81. The summed E-state index contributed by atoms with van der Waals surface area (Å²) in [6.45, 7) is 2.79. The Bertz CT molecular complexity index is 276. The molecular weight excluding hydrogens is 186 g/mol. The third-order valence-corrected chi connectivity index (χ3v) is 2.12. The van der Waals surface area contributed by atoms with E-state index in [1.54, 1.807) is 0 Å². The van der Waals surface area contributed by atoms with Gasteiger partial charge in [0.15, 0.2) is 0 Å². The van der Waals surface area contributed by atoms with Crippen LogP contribution in [0.3, 0.4) is 0 Å². The lowest BCUT2D eigenvalue weighted by molar-refractivity contribution is 0.311. The number of rotatable bonds is 4. The van der Waals surface area contributed by atoms with Crippen molar-refractivity contribution in [2.75, 3.05) is 18.5 Å². The zero-order valence-electron chi connectivity index (χ0n) is 7.68. The molecule has 0 aromatic heterocycles. The lowest BCUT2D eigenvalue weighted by Crippen LogP contribution is -2.07. The topological polar surface area (TPSA) is 32.3 Å². The molecule has 0 saturated heterocycles. The van der Waals surface area contributed by atoms with Crippen LogP contribution in [0.1, 0.15) is 12.5 Å². The average molecular weight is 200 g/mol. The van der Waals surface area contributed by atoms with Crippen molar-refractivity contribution in [2.24, 2.45) is 0 Å². The van der Waals surface area contributed by atoms with Crippen LogP contribution >= 0.6 is 11.6 Å². The van der Waals surface area contributed by atoms with E-state index in [1.807, 2.05) is 18.2 Å². The molecule has 1 rings (SSSR count). The van der Waals surface area contributed by atoms with Gasteiger partial charge in [0.1, 0.15) is 0 Å². The van der Waals surface area contributed by atoms with Crippen molar-refractivity contribution in [2.45, 2.75) is 13.3 Å². The molecule has 0 fully saturated rings. The standard InChI is InChI=1S/C10H14ClNO/c1-2-8-3-4-9(11)7-10(8)12-5-6-13/h3-4,7,12-13H,2,5-6H2,1H3. The SMILES string of the molecule is CCc1ccc(Cl)cc1NCCO. The molecule has 0 spiro atoms. The molecule has 3 heteroatoms. The maximum atomic E-state index is 8.66. The van der Waals surface area contributed by atoms with Crippen LogP contribution in [0, 0.1) is 0 Å². The molecule has 0 aliphatic heterocycles. The number of nitrogens with one attached hydrogen (secondary N) is 1. The fraction of sp³-hybridized carbons (Fsp3) is 0.400. The van der Waals surface area contributed by atoms with Crippen molar-refractivity contribution >= 4 is 17.3 Å². The maximum Gasteiger partial charge on any atom is 0.0604 e. The Kier molecular flexibility index (Phi) is 4.06. The molecule has 0 bridgehead atoms. The van der Waals surface area contributed by atoms with Gasteiger partial charge in [-0.25, -0.2) is 0 Å². The molecule has 0 aliphatic carbocycles. The minimum absolute atomic E-state index is 0.135. The molecule has 1 aromatic carbocycles. The number of halogens is 1. The summed E-state index contributed by atoms with van der Waals surface area (Å²) in [7, 11) is 0. The minimum Gasteiger partial charge on any atom is -0.395 e. The molecule has 0 atom stereocenters. The molecule has 0 saturated carbocycles. The monoisotopic (exact) mass is 199 g/mol. The molecule has 0 unspecified atom stereocenters. The van der Waals surface area contributed by atoms with E-state index in [0.717, 1.165) is 17.1 Å². The lowest BCUT2D eigenvalue weighted by Gasteiger charge is -2.09. The van der Waals surface area contributed by atoms with Crippen molar-refractivity contribution < 1.29 is 5.11 Å². The predicted octanol–water partition coefficient (Wildman–Crippen LogP) is 2.31. The van der Waals surface area contributed by atoms with E-state index in [2.05, 4.69) is 12.2 Å². The van der Waals surface area contributed by atoms with Gasteiger partial charge in [0, 0.05) is 17.3 Å². The number of hydrogen-bond acceptors (Lipinski definition) is 2. The zero-order valence-corrected chi connectivity index (χ0v) is 8.43. The summed E-state index contributed by atoms with van der Waals surface area (Å²) in [5.74, 6) is 0. The quantitative estimate of drug-likeness (QED) is 0.780. The predicted molar refractivity (Wildman–Crippen MR) is 56.4 cm³/mol. The fourth-order valence-electron chi connectivity index (χ4n) is 1.21. The van der Waals surface area contributed by atoms with Crippen LogP contribution in [0.25, 0.3) is 0 Å². The second-order valence-corrected chi connectivity index (χ2v) is 3.24. The largest absolute Gasteiger partial charge is 0.395 e. The van der Waals surface area contributed by atoms with Crippen molar-refractivity contribution in [3.63, 3.8) is 0 Å². The lowest BCUT2D eigenvalue weighted by atomic mass is 10.1. The van der Waals surface area contributed by atoms with Gasteiger partial charge in [-0.1, -0.05) is 24.6 Å². The highest BCUT2D eigenvalue weighted by Gasteiger charge is 2.00. The van der Waals surface area contributed by atoms with Crippen LogP contribution in [0.15, 0.2) is 18.2 Å². The third kappa shape index (κ3) is 2.90. The Morgan fingerprint density at radius 1 is 1.46 bits per heavy atom. The molecular formula is C10H14ClNO. The number of aliphatic hydroxyl groups excluding tert-OH is 1. The van der Waals surface area contributed by atoms with Crippen molar-refractivity contribution in [3.8, 4) is 0 Å². The summed E-state index contributed by atoms with van der Waals surface area (Å²) in [4.78, 5) is 0. The molecule has 0 amide bonds. The van der Waals surface area contributed by atoms with Gasteiger partial charge in [-0.15, -0.1) is 0 Å². The van der Waals surface area contributed by atoms with E-state index in [1.165, 1.54) is 5.56 Å². The molecule has 1 aromatic rings. The van der Waals surface area contributed by atoms with Gasteiger partial charge in [0.25, 0.3) is 0 Å². The number of hydrogen-bond donors (Lipinski definition) is 2. The third-order valence-electron chi connectivity index (χ3n) is 1.88. The van der Waals surface area contributed by atoms with Gasteiger partial charge in [-0.2, -0.15) is 0 Å². The molecule has 0 radical (unpaired) electrons. The van der Waals surface area contributed by atoms with Crippen LogP contribution in [0.4, 0.5) is 5.69 Å². The van der Waals surface area contributed by atoms with Crippen molar-refractivity contribution in [1.29, 1.82) is 0 Å². The number of aliphatic hydroxyl groups is 1. The molecule has 0 aliphatic rings. The van der Waals surface area contributed by atoms with E-state index in [0.29, 0.717) is 6.54 Å². The first-order valence-corrected chi connectivity index (χ1v) is 4.79. The van der Waals surface area contributed by atoms with E-state index >= 15 is 0 Å². The summed E-state index contributed by atoms with van der Waals surface area (Å²) in [6, 6.07) is 5.77. The minimum atomic E-state index is 0.135. The van der Waals surface area contributed by atoms with Crippen molar-refractivity contribution in [1.82, 2.24) is 0 Å². The Morgan fingerprint density at radius 3 is 2.85 bits per heavy atom. The molecule has 2 nitrogen and oxygen atoms in total. The molecule has 0 heterocycles. The van der Waals surface area contributed by atoms with Crippen LogP contribution in [0.5, 0.6) is 0 Å². The molecule has 13 heavy (non-hydrogen) atoms. The van der Waals surface area contributed by atoms with Crippen LogP contribution in [-0.4, -0.2) is 18.3 Å². The maximum absolute atomic E-state index is 8.66. The highest BCUT2D eigenvalue weighted by molar-refractivity contribution is 6.30. The summed E-state index contributed by atoms with van der Waals surface area (Å²) in [6.07, 6.45) is 0.963. The first kappa shape index (κ1) is 10.4. The smallest absolute Gasteiger partial charge is 0.0604 e. The second kappa shape index (κ2) is 5.10. The molecule has 2 N–H and O–H groups in total. The highest BCUT2D eigenvalue weighted by atomic mass is 35.5. The van der Waals surface area contributed by atoms with E-state index in [-0.39, 0.29) is 6.61 Å². The summed E-state index contributed by atoms with van der Waals surface area (Å²) < 4.78 is 0. The summed E-state index contributed by atoms with van der Waals surface area (Å²) >= 11 is 5.85. The van der Waals surface area contributed by atoms with Gasteiger partial charge in [-0.05, 0) is 24.1 Å². The Labute approximate surface area is 83.5 Å². The highest BCUT2D eigenvalue weighted by Crippen LogP contribution is 2.21. The number of aryl methyl sites for hydroxylation is 1. The van der Waals surface area contributed by atoms with E-state index in [4.69, 9.17) is 16.7 Å². The Hall–Kier alpha value is -0.730. The van der Waals surface area contributed by atoms with Crippen LogP contribution < -0.4 is 5.32 Å². The van der Waals surface area contributed by atoms with Gasteiger partial charge >= 0.3 is 0 Å². The van der Waals surface area contributed by atoms with E-state index < -0.39 is 0 Å². The van der Waals surface area contributed by atoms with Crippen molar-refractivity contribution in [3.05, 3.63) is 28.8 Å². The summed E-state index contributed by atoms with van der Waals surface area (Å²) in [5.41, 5.74) is 2.24. The molecule has 72 valence electrons. The van der Waals surface area contributed by atoms with Gasteiger partial charge in [0.2, 0.25) is 0 Å². The first-order chi connectivity index (χ1) is 6.27. The first-order valence-electron chi connectivity index (χ1n) is 4.41. The van der Waals surface area contributed by atoms with E-state index in [9.17, 15) is 0 Å². The van der Waals surface area contributed by atoms with Crippen LogP contribution in [0.2, 0.25) is 5.02 Å².